The third-order valence-electron chi connectivity index (χ3n) is 2.66. The Bertz CT molecular complexity index is 265. The fourth-order valence-electron chi connectivity index (χ4n) is 1.61. The van der Waals surface area contributed by atoms with Crippen LogP contribution < -0.4 is 5.32 Å². The summed E-state index contributed by atoms with van der Waals surface area (Å²) in [5.41, 5.74) is 0. The van der Waals surface area contributed by atoms with Crippen LogP contribution in [0.5, 0.6) is 0 Å². The van der Waals surface area contributed by atoms with E-state index in [-0.39, 0.29) is 0 Å². The van der Waals surface area contributed by atoms with Crippen molar-refractivity contribution in [1.29, 1.82) is 0 Å². The molecular formula is C12H21NS. The molecule has 1 heterocycles. The number of rotatable bonds is 5. The zero-order valence-electron chi connectivity index (χ0n) is 9.63. The van der Waals surface area contributed by atoms with Gasteiger partial charge in [0, 0.05) is 15.8 Å². The summed E-state index contributed by atoms with van der Waals surface area (Å²) in [6.07, 6.45) is 2.33. The normalized spacial score (nSPS) is 13.5. The van der Waals surface area contributed by atoms with Gasteiger partial charge in [-0.15, -0.1) is 11.3 Å². The Morgan fingerprint density at radius 3 is 2.36 bits per heavy atom. The molecule has 1 atom stereocenters. The fraction of sp³-hybridized carbons (Fsp3) is 0.667. The molecule has 1 N–H and O–H groups in total. The minimum Gasteiger partial charge on any atom is -0.316 e. The highest BCUT2D eigenvalue weighted by Crippen LogP contribution is 2.20. The first kappa shape index (κ1) is 11.7. The second kappa shape index (κ2) is 5.52. The van der Waals surface area contributed by atoms with Crippen molar-refractivity contribution in [3.63, 3.8) is 0 Å². The van der Waals surface area contributed by atoms with Gasteiger partial charge >= 0.3 is 0 Å². The molecule has 0 saturated heterocycles. The molecule has 1 aromatic heterocycles. The second-order valence-electron chi connectivity index (χ2n) is 4.06. The van der Waals surface area contributed by atoms with Gasteiger partial charge in [-0.2, -0.15) is 0 Å². The summed E-state index contributed by atoms with van der Waals surface area (Å²) in [6, 6.07) is 5.14. The number of nitrogens with one attached hydrogen (secondary N) is 1. The maximum Gasteiger partial charge on any atom is 0.0135 e. The maximum atomic E-state index is 3.38. The highest BCUT2D eigenvalue weighted by Gasteiger charge is 2.12. The third-order valence-corrected chi connectivity index (χ3v) is 3.91. The van der Waals surface area contributed by atoms with Crippen LogP contribution in [0, 0.1) is 5.92 Å². The summed E-state index contributed by atoms with van der Waals surface area (Å²) in [5, 5.41) is 3.38. The molecule has 0 aliphatic heterocycles. The summed E-state index contributed by atoms with van der Waals surface area (Å²) >= 11 is 1.95. The predicted octanol–water partition coefficient (Wildman–Crippen LogP) is 3.10. The van der Waals surface area contributed by atoms with Crippen molar-refractivity contribution in [3.8, 4) is 0 Å². The molecular weight excluding hydrogens is 190 g/mol. The van der Waals surface area contributed by atoms with Gasteiger partial charge < -0.3 is 5.32 Å². The number of thiophene rings is 1. The summed E-state index contributed by atoms with van der Waals surface area (Å²) in [4.78, 5) is 3.01. The molecule has 0 aliphatic rings. The lowest BCUT2D eigenvalue weighted by molar-refractivity contribution is 0.427. The second-order valence-corrected chi connectivity index (χ2v) is 5.32. The van der Waals surface area contributed by atoms with Gasteiger partial charge in [0.15, 0.2) is 0 Å². The molecule has 0 saturated carbocycles. The molecule has 2 heteroatoms. The average Bonchev–Trinajstić information content (AvgIpc) is 2.61. The fourth-order valence-corrected chi connectivity index (χ4v) is 2.63. The molecule has 0 amide bonds. The van der Waals surface area contributed by atoms with Gasteiger partial charge in [0.05, 0.1) is 0 Å². The predicted molar refractivity (Wildman–Crippen MR) is 65.1 cm³/mol. The van der Waals surface area contributed by atoms with Crippen LogP contribution in [0.4, 0.5) is 0 Å². The number of aryl methyl sites for hydroxylation is 1. The standard InChI is InChI=1S/C12H21NS/c1-5-10-6-7-11(14-10)8-12(13-4)9(2)3/h6-7,9,12-13H,5,8H2,1-4H3. The van der Waals surface area contributed by atoms with Crippen LogP contribution in [0.3, 0.4) is 0 Å². The van der Waals surface area contributed by atoms with E-state index in [1.807, 2.05) is 11.3 Å². The van der Waals surface area contributed by atoms with Crippen molar-refractivity contribution in [1.82, 2.24) is 5.32 Å². The minimum atomic E-state index is 0.610. The number of hydrogen-bond donors (Lipinski definition) is 1. The zero-order chi connectivity index (χ0) is 10.6. The molecule has 0 fully saturated rings. The summed E-state index contributed by atoms with van der Waals surface area (Å²) in [6.45, 7) is 6.76. The Kier molecular flexibility index (Phi) is 4.63. The largest absolute Gasteiger partial charge is 0.316 e. The first-order valence-corrected chi connectivity index (χ1v) is 6.23. The van der Waals surface area contributed by atoms with Gasteiger partial charge in [-0.3, -0.25) is 0 Å². The van der Waals surface area contributed by atoms with Gasteiger partial charge in [0.1, 0.15) is 0 Å². The lowest BCUT2D eigenvalue weighted by atomic mass is 10.0. The Balaban J connectivity index is 2.57. The van der Waals surface area contributed by atoms with E-state index >= 15 is 0 Å². The van der Waals surface area contributed by atoms with E-state index in [0.717, 1.165) is 6.42 Å². The Labute approximate surface area is 91.5 Å². The van der Waals surface area contributed by atoms with Crippen molar-refractivity contribution in [3.05, 3.63) is 21.9 Å². The molecule has 80 valence electrons. The van der Waals surface area contributed by atoms with E-state index in [1.54, 1.807) is 0 Å². The topological polar surface area (TPSA) is 12.0 Å². The van der Waals surface area contributed by atoms with E-state index < -0.39 is 0 Å². The average molecular weight is 211 g/mol. The van der Waals surface area contributed by atoms with Crippen LogP contribution in [0.15, 0.2) is 12.1 Å². The van der Waals surface area contributed by atoms with E-state index in [0.29, 0.717) is 12.0 Å². The van der Waals surface area contributed by atoms with E-state index in [2.05, 4.69) is 45.3 Å². The summed E-state index contributed by atoms with van der Waals surface area (Å²) < 4.78 is 0. The molecule has 1 rings (SSSR count). The molecule has 0 aromatic carbocycles. The summed E-state index contributed by atoms with van der Waals surface area (Å²) in [5.74, 6) is 0.701. The van der Waals surface area contributed by atoms with Crippen LogP contribution in [0.2, 0.25) is 0 Å². The number of hydrogen-bond acceptors (Lipinski definition) is 2. The lowest BCUT2D eigenvalue weighted by Crippen LogP contribution is -2.32. The van der Waals surface area contributed by atoms with Crippen molar-refractivity contribution in [2.45, 2.75) is 39.7 Å². The lowest BCUT2D eigenvalue weighted by Gasteiger charge is -2.19. The SMILES string of the molecule is CCc1ccc(CC(NC)C(C)C)s1. The Morgan fingerprint density at radius 1 is 1.29 bits per heavy atom. The van der Waals surface area contributed by atoms with E-state index in [9.17, 15) is 0 Å². The van der Waals surface area contributed by atoms with Crippen LogP contribution in [-0.4, -0.2) is 13.1 Å². The first-order chi connectivity index (χ1) is 6.67. The summed E-state index contributed by atoms with van der Waals surface area (Å²) in [7, 11) is 2.05. The first-order valence-electron chi connectivity index (χ1n) is 5.42. The molecule has 0 radical (unpaired) electrons. The van der Waals surface area contributed by atoms with Crippen molar-refractivity contribution < 1.29 is 0 Å². The molecule has 0 bridgehead atoms. The van der Waals surface area contributed by atoms with Gasteiger partial charge in [-0.25, -0.2) is 0 Å². The third kappa shape index (κ3) is 3.10. The molecule has 1 unspecified atom stereocenters. The molecule has 0 spiro atoms. The molecule has 14 heavy (non-hydrogen) atoms. The highest BCUT2D eigenvalue weighted by atomic mass is 32.1. The van der Waals surface area contributed by atoms with Crippen molar-refractivity contribution >= 4 is 11.3 Å². The quantitative estimate of drug-likeness (QED) is 0.789. The molecule has 1 nitrogen and oxygen atoms in total. The van der Waals surface area contributed by atoms with Crippen LogP contribution in [0.25, 0.3) is 0 Å². The van der Waals surface area contributed by atoms with Gasteiger partial charge in [0.25, 0.3) is 0 Å². The Hall–Kier alpha value is -0.340. The Morgan fingerprint density at radius 2 is 1.93 bits per heavy atom. The molecule has 0 aliphatic carbocycles. The maximum absolute atomic E-state index is 3.38. The zero-order valence-corrected chi connectivity index (χ0v) is 10.4. The molecule has 1 aromatic rings. The van der Waals surface area contributed by atoms with Crippen molar-refractivity contribution in [2.75, 3.05) is 7.05 Å². The van der Waals surface area contributed by atoms with E-state index in [4.69, 9.17) is 0 Å². The van der Waals surface area contributed by atoms with Gasteiger partial charge in [-0.1, -0.05) is 20.8 Å². The number of likely N-dealkylation sites (N-methyl/N-ethyl adjacent to an activating group) is 1. The van der Waals surface area contributed by atoms with Crippen LogP contribution in [0.1, 0.15) is 30.5 Å². The minimum absolute atomic E-state index is 0.610. The van der Waals surface area contributed by atoms with E-state index in [1.165, 1.54) is 16.2 Å². The van der Waals surface area contributed by atoms with Crippen LogP contribution in [-0.2, 0) is 12.8 Å². The van der Waals surface area contributed by atoms with Gasteiger partial charge in [-0.05, 0) is 37.9 Å². The van der Waals surface area contributed by atoms with Crippen LogP contribution >= 0.6 is 11.3 Å². The highest BCUT2D eigenvalue weighted by molar-refractivity contribution is 7.11. The van der Waals surface area contributed by atoms with Crippen molar-refractivity contribution in [2.24, 2.45) is 5.92 Å². The smallest absolute Gasteiger partial charge is 0.0135 e. The monoisotopic (exact) mass is 211 g/mol. The van der Waals surface area contributed by atoms with Gasteiger partial charge in [0.2, 0.25) is 0 Å².